The molecule has 0 radical (unpaired) electrons. The molecule has 1 aliphatic carbocycles. The smallest absolute Gasteiger partial charge is 0.416 e. The number of rotatable bonds is 9. The van der Waals surface area contributed by atoms with Crippen LogP contribution < -0.4 is 10.1 Å². The summed E-state index contributed by atoms with van der Waals surface area (Å²) >= 11 is 0. The van der Waals surface area contributed by atoms with Gasteiger partial charge in [0, 0.05) is 10.8 Å². The van der Waals surface area contributed by atoms with Crippen LogP contribution in [0, 0.1) is 17.7 Å². The lowest BCUT2D eigenvalue weighted by atomic mass is 9.77. The topological polar surface area (TPSA) is 75.6 Å². The van der Waals surface area contributed by atoms with Gasteiger partial charge in [0.1, 0.15) is 24.2 Å². The first-order valence-electron chi connectivity index (χ1n) is 13.1. The largest absolute Gasteiger partial charge is 0.487 e. The second-order valence-electron chi connectivity index (χ2n) is 10.6. The third kappa shape index (κ3) is 7.00. The maximum Gasteiger partial charge on any atom is 0.416 e. The summed E-state index contributed by atoms with van der Waals surface area (Å²) in [5, 5.41) is 12.8. The maximum absolute atomic E-state index is 15.0. The van der Waals surface area contributed by atoms with Crippen LogP contribution in [-0.2, 0) is 17.6 Å². The Morgan fingerprint density at radius 3 is 2.40 bits per heavy atom. The number of alkyl halides is 3. The van der Waals surface area contributed by atoms with Gasteiger partial charge in [-0.2, -0.15) is 13.2 Å². The highest BCUT2D eigenvalue weighted by Crippen LogP contribution is 2.36. The molecule has 0 saturated heterocycles. The zero-order valence-electron chi connectivity index (χ0n) is 22.1. The van der Waals surface area contributed by atoms with E-state index < -0.39 is 35.5 Å². The van der Waals surface area contributed by atoms with Crippen molar-refractivity contribution in [3.8, 4) is 5.75 Å². The van der Waals surface area contributed by atoms with Crippen molar-refractivity contribution >= 4 is 22.6 Å². The monoisotopic (exact) mass is 557 g/mol. The number of carboxylic acid groups (broad SMARTS) is 1. The van der Waals surface area contributed by atoms with Gasteiger partial charge in [0.2, 0.25) is 0 Å². The van der Waals surface area contributed by atoms with Crippen LogP contribution in [0.2, 0.25) is 0 Å². The van der Waals surface area contributed by atoms with E-state index in [1.54, 1.807) is 18.2 Å². The number of allylic oxidation sites excluding steroid dienone is 1. The Bertz CT molecular complexity index is 1400. The van der Waals surface area contributed by atoms with Crippen molar-refractivity contribution in [2.75, 3.05) is 0 Å². The molecule has 40 heavy (non-hydrogen) atoms. The minimum Gasteiger partial charge on any atom is -0.487 e. The molecule has 0 bridgehead atoms. The number of carboxylic acids is 1. The number of hydrogen-bond acceptors (Lipinski definition) is 3. The number of carbonyl (C=O) groups is 2. The van der Waals surface area contributed by atoms with Gasteiger partial charge in [0.05, 0.1) is 11.1 Å². The summed E-state index contributed by atoms with van der Waals surface area (Å²) in [6.07, 6.45) is -0.965. The van der Waals surface area contributed by atoms with Crippen LogP contribution in [0.25, 0.3) is 10.8 Å². The number of fused-ring (bicyclic) bond motifs is 1. The summed E-state index contributed by atoms with van der Waals surface area (Å²) in [5.41, 5.74) is 0.532. The van der Waals surface area contributed by atoms with E-state index >= 15 is 4.39 Å². The van der Waals surface area contributed by atoms with Crippen molar-refractivity contribution < 1.29 is 37.0 Å². The van der Waals surface area contributed by atoms with Crippen LogP contribution in [-0.4, -0.2) is 23.0 Å². The number of nitrogens with one attached hydrogen (secondary N) is 1. The third-order valence-corrected chi connectivity index (χ3v) is 7.27. The standard InChI is InChI=1S/C31H31F4NO4/c1-18-13-19(2)15-21(14-18)9-12-27(30(38)39)36-29(37)25-16-26(32)23-5-3-4-6-24(23)28(25)40-17-20-7-10-22(11-8-20)31(33,34)35/h3-8,10-11,16,19,21,27H,1,9,12-15,17H2,2H3,(H,36,37)(H,38,39)/t19?,21?,27-/m0/s1. The van der Waals surface area contributed by atoms with Crippen LogP contribution in [0.15, 0.2) is 66.7 Å². The van der Waals surface area contributed by atoms with E-state index in [-0.39, 0.29) is 41.0 Å². The first-order chi connectivity index (χ1) is 18.9. The van der Waals surface area contributed by atoms with Crippen LogP contribution in [0.4, 0.5) is 17.6 Å². The second kappa shape index (κ2) is 12.1. The van der Waals surface area contributed by atoms with Crippen LogP contribution in [0.3, 0.4) is 0 Å². The van der Waals surface area contributed by atoms with Crippen molar-refractivity contribution in [3.63, 3.8) is 0 Å². The van der Waals surface area contributed by atoms with Gasteiger partial charge in [-0.3, -0.25) is 4.79 Å². The Labute approximate surface area is 229 Å². The lowest BCUT2D eigenvalue weighted by Gasteiger charge is -2.29. The Kier molecular flexibility index (Phi) is 8.81. The Morgan fingerprint density at radius 1 is 1.10 bits per heavy atom. The van der Waals surface area contributed by atoms with E-state index in [9.17, 15) is 27.9 Å². The molecule has 3 atom stereocenters. The normalized spacial score (nSPS) is 18.4. The van der Waals surface area contributed by atoms with Crippen molar-refractivity contribution in [3.05, 3.63) is 89.3 Å². The predicted molar refractivity (Wildman–Crippen MR) is 143 cm³/mol. The van der Waals surface area contributed by atoms with Gasteiger partial charge in [-0.1, -0.05) is 55.5 Å². The Balaban J connectivity index is 1.56. The van der Waals surface area contributed by atoms with E-state index in [2.05, 4.69) is 18.8 Å². The lowest BCUT2D eigenvalue weighted by Crippen LogP contribution is -2.41. The molecular weight excluding hydrogens is 526 g/mol. The fourth-order valence-corrected chi connectivity index (χ4v) is 5.41. The molecule has 5 nitrogen and oxygen atoms in total. The molecule has 2 N–H and O–H groups in total. The van der Waals surface area contributed by atoms with Gasteiger partial charge in [-0.05, 0) is 67.7 Å². The number of carbonyl (C=O) groups excluding carboxylic acids is 1. The Hall–Kier alpha value is -3.88. The molecule has 1 aliphatic rings. The van der Waals surface area contributed by atoms with Crippen molar-refractivity contribution in [2.24, 2.45) is 11.8 Å². The lowest BCUT2D eigenvalue weighted by molar-refractivity contribution is -0.139. The van der Waals surface area contributed by atoms with Gasteiger partial charge in [0.15, 0.2) is 0 Å². The van der Waals surface area contributed by atoms with Gasteiger partial charge >= 0.3 is 12.1 Å². The minimum absolute atomic E-state index is 0.0101. The average molecular weight is 558 g/mol. The maximum atomic E-state index is 15.0. The molecule has 3 aromatic carbocycles. The second-order valence-corrected chi connectivity index (χ2v) is 10.6. The van der Waals surface area contributed by atoms with Crippen molar-refractivity contribution in [1.82, 2.24) is 5.32 Å². The molecule has 1 saturated carbocycles. The summed E-state index contributed by atoms with van der Waals surface area (Å²) in [6, 6.07) is 10.5. The van der Waals surface area contributed by atoms with Crippen LogP contribution >= 0.6 is 0 Å². The number of aliphatic carboxylic acids is 1. The van der Waals surface area contributed by atoms with Gasteiger partial charge in [-0.15, -0.1) is 0 Å². The predicted octanol–water partition coefficient (Wildman–Crippen LogP) is 7.53. The minimum atomic E-state index is -4.48. The van der Waals surface area contributed by atoms with Gasteiger partial charge < -0.3 is 15.2 Å². The molecular formula is C31H31F4NO4. The summed E-state index contributed by atoms with van der Waals surface area (Å²) in [7, 11) is 0. The molecule has 212 valence electrons. The average Bonchev–Trinajstić information content (AvgIpc) is 2.89. The highest BCUT2D eigenvalue weighted by Gasteiger charge is 2.30. The van der Waals surface area contributed by atoms with Crippen molar-refractivity contribution in [1.29, 1.82) is 0 Å². The van der Waals surface area contributed by atoms with Gasteiger partial charge in [-0.25, -0.2) is 9.18 Å². The molecule has 0 aliphatic heterocycles. The summed E-state index contributed by atoms with van der Waals surface area (Å²) in [4.78, 5) is 25.4. The molecule has 0 spiro atoms. The van der Waals surface area contributed by atoms with E-state index in [0.717, 1.165) is 43.0 Å². The Morgan fingerprint density at radius 2 is 1.77 bits per heavy atom. The molecule has 1 fully saturated rings. The van der Waals surface area contributed by atoms with Crippen molar-refractivity contribution in [2.45, 2.75) is 57.9 Å². The molecule has 1 amide bonds. The summed E-state index contributed by atoms with van der Waals surface area (Å²) in [6.45, 7) is 6.02. The van der Waals surface area contributed by atoms with Crippen LogP contribution in [0.5, 0.6) is 5.75 Å². The summed E-state index contributed by atoms with van der Waals surface area (Å²) < 4.78 is 59.7. The van der Waals surface area contributed by atoms with Crippen LogP contribution in [0.1, 0.15) is 60.5 Å². The summed E-state index contributed by atoms with van der Waals surface area (Å²) in [5.74, 6) is -1.96. The fraction of sp³-hybridized carbons (Fsp3) is 0.355. The van der Waals surface area contributed by atoms with Gasteiger partial charge in [0.25, 0.3) is 5.91 Å². The van der Waals surface area contributed by atoms with E-state index in [1.165, 1.54) is 18.2 Å². The highest BCUT2D eigenvalue weighted by molar-refractivity contribution is 6.05. The number of halogens is 4. The molecule has 4 rings (SSSR count). The quantitative estimate of drug-likeness (QED) is 0.211. The number of benzene rings is 3. The number of amides is 1. The highest BCUT2D eigenvalue weighted by atomic mass is 19.4. The van der Waals surface area contributed by atoms with E-state index in [0.29, 0.717) is 17.9 Å². The molecule has 9 heteroatoms. The van der Waals surface area contributed by atoms with E-state index in [1.807, 2.05) is 0 Å². The molecule has 0 aromatic heterocycles. The molecule has 0 heterocycles. The zero-order valence-corrected chi connectivity index (χ0v) is 22.1. The van der Waals surface area contributed by atoms with E-state index in [4.69, 9.17) is 4.74 Å². The molecule has 3 aromatic rings. The fourth-order valence-electron chi connectivity index (χ4n) is 5.41. The first-order valence-corrected chi connectivity index (χ1v) is 13.1. The molecule has 2 unspecified atom stereocenters. The third-order valence-electron chi connectivity index (χ3n) is 7.27. The first kappa shape index (κ1) is 29.1. The number of ether oxygens (including phenoxy) is 1. The number of hydrogen-bond donors (Lipinski definition) is 2. The SMILES string of the molecule is C=C1CC(C)CC(CC[C@H](NC(=O)c2cc(F)c3ccccc3c2OCc2ccc(C(F)(F)F)cc2)C(=O)O)C1. The zero-order chi connectivity index (χ0) is 29.0.